The first-order valence-electron chi connectivity index (χ1n) is 25.4. The van der Waals surface area contributed by atoms with Crippen molar-refractivity contribution in [2.24, 2.45) is 0 Å². The van der Waals surface area contributed by atoms with Gasteiger partial charge in [0.05, 0.1) is 24.5 Å². The van der Waals surface area contributed by atoms with Crippen molar-refractivity contribution in [1.82, 2.24) is 33.9 Å². The minimum absolute atomic E-state index is 0.0307. The van der Waals surface area contributed by atoms with Crippen molar-refractivity contribution in [3.8, 4) is 36.5 Å². The molecule has 0 saturated carbocycles. The number of nitrogens with zero attached hydrogens (tertiary/aromatic N) is 7. The van der Waals surface area contributed by atoms with E-state index in [1.165, 1.54) is 32.9 Å². The Bertz CT molecular complexity index is 4350. The molecular formula is C38H56F3N10O39P9. The lowest BCUT2D eigenvalue weighted by molar-refractivity contribution is -0.0827. The van der Waals surface area contributed by atoms with Gasteiger partial charge in [-0.05, 0) is 53.7 Å². The summed E-state index contributed by atoms with van der Waals surface area (Å²) in [5.74, 6) is 6.84. The summed E-state index contributed by atoms with van der Waals surface area (Å²) in [4.78, 5) is 154. The number of terminal acetylenes is 2. The number of hydrogen-bond donors (Lipinski definition) is 18. The molecule has 0 bridgehead atoms. The van der Waals surface area contributed by atoms with Crippen LogP contribution < -0.4 is 34.3 Å². The SMILES string of the molecule is C#CC1(F)[C@@H](O)[C@@H]([C@@H](C)OP(=O)(O)OP(=O)(O)OP(=O)(O)O)O[C@H]1n1ncc(N)nc1=O.C#CC1(F)[C@@H](O)[C@@H]([C@H](C)OP(=O)(O)OP(=O)(O)OP(=O)(O)O)O[C@H]1n1c(C)cc(N)nc1=O.CC#CC1(F)[C@@H](O)[C@@H]([C@@H](C)OP(=O)(O)OP(=O)(O)OP(=O)(O)O)O[C@H]1n1c(C)cc(N)nc1=O. The largest absolute Gasteiger partial charge is 0.490 e. The standard InChI is InChI=1S/C14H21FN3O13P3.C13H19FN3O13P3.C11H16FN4O13P3/c1-4-5-14(15)11(19)10(28-12(14)18-7(2)6-9(16)17-13(18)20)8(3)29-33(24,25)31-34(26,27)30-32(21,22)23;1-4-13(14)10(18)9(27-11(13)17-6(2)5-8(15)16-12(17)19)7(3)28-32(23,24)30-33(25,26)29-31(20,21)22;1-3-11(12)8(17)7(26-9(11)16-10(18)15-6(13)4-14-16)5(2)27-31(22,23)29-32(24,25)28-30(19,20)21/h6,8,10-12,19H,1-3H3,(H,24,25)(H,26,27)(H2,16,17,20)(H2,21,22,23);1,5,7,9-11,18H,2-3H3,(H,23,24)(H,25,26)(H2,15,16,19)(H2,20,21,22);1,4-5,7-9,17H,2H3,(H,22,23)(H,24,25)(H2,13,15,18)(H2,19,20,21)/t8-,10-,11+,12-,14?;7-,9+,10-,11+,13?;5-,7-,8+,9-,11?/m101/s1. The number of nitrogen functional groups attached to an aromatic ring is 3. The molecule has 6 rings (SSSR count). The van der Waals surface area contributed by atoms with Crippen molar-refractivity contribution < 1.29 is 182 Å². The normalized spacial score (nSPS) is 30.1. The highest BCUT2D eigenvalue weighted by atomic mass is 31.3. The Hall–Kier alpha value is -4.57. The van der Waals surface area contributed by atoms with E-state index in [4.69, 9.17) is 78.5 Å². The smallest absolute Gasteiger partial charge is 0.386 e. The Morgan fingerprint density at radius 1 is 0.495 bits per heavy atom. The highest BCUT2D eigenvalue weighted by Gasteiger charge is 2.64. The van der Waals surface area contributed by atoms with E-state index >= 15 is 13.2 Å². The quantitative estimate of drug-likeness (QED) is 0.0337. The molecule has 61 heteroatoms. The minimum atomic E-state index is -5.83. The fourth-order valence-electron chi connectivity index (χ4n) is 8.66. The summed E-state index contributed by atoms with van der Waals surface area (Å²) in [6, 6.07) is 2.39. The van der Waals surface area contributed by atoms with Crippen LogP contribution in [0.2, 0.25) is 0 Å². The van der Waals surface area contributed by atoms with Crippen LogP contribution in [0.25, 0.3) is 0 Å². The van der Waals surface area contributed by atoms with Crippen molar-refractivity contribution in [1.29, 1.82) is 0 Å². The number of aryl methyl sites for hydroxylation is 2. The predicted octanol–water partition coefficient (Wildman–Crippen LogP) is -2.13. The maximum Gasteiger partial charge on any atom is 0.490 e. The second-order valence-corrected chi connectivity index (χ2v) is 32.8. The third kappa shape index (κ3) is 22.7. The third-order valence-electron chi connectivity index (χ3n) is 12.2. The van der Waals surface area contributed by atoms with Crippen molar-refractivity contribution in [2.45, 2.75) is 132 Å². The Morgan fingerprint density at radius 3 is 1.06 bits per heavy atom. The number of phosphoric acid groups is 9. The van der Waals surface area contributed by atoms with Gasteiger partial charge in [0, 0.05) is 11.4 Å². The molecule has 0 aliphatic carbocycles. The van der Waals surface area contributed by atoms with Crippen LogP contribution >= 0.6 is 70.4 Å². The zero-order valence-electron chi connectivity index (χ0n) is 49.8. The van der Waals surface area contributed by atoms with Gasteiger partial charge in [-0.25, -0.2) is 68.6 Å². The molecule has 21 N–H and O–H groups in total. The number of aromatic nitrogens is 7. The average molecular weight is 1610 g/mol. The number of hydrogen-bond acceptors (Lipinski definition) is 34. The van der Waals surface area contributed by atoms with Crippen LogP contribution in [0.15, 0.2) is 32.7 Å². The summed E-state index contributed by atoms with van der Waals surface area (Å²) in [6.45, 7) is 6.72. The molecule has 6 heterocycles. The van der Waals surface area contributed by atoms with Crippen LogP contribution in [0.1, 0.15) is 57.8 Å². The number of aliphatic hydroxyl groups is 3. The van der Waals surface area contributed by atoms with Crippen molar-refractivity contribution in [3.63, 3.8) is 0 Å². The lowest BCUT2D eigenvalue weighted by Gasteiger charge is -2.26. The molecule has 49 nitrogen and oxygen atoms in total. The van der Waals surface area contributed by atoms with E-state index in [-0.39, 0.29) is 28.8 Å². The van der Waals surface area contributed by atoms with Gasteiger partial charge in [0.1, 0.15) is 54.1 Å². The third-order valence-corrected chi connectivity index (χ3v) is 24.0. The number of ether oxygens (including phenoxy) is 3. The number of rotatable bonds is 24. The van der Waals surface area contributed by atoms with Crippen LogP contribution in [0, 0.1) is 50.4 Å². The van der Waals surface area contributed by atoms with Gasteiger partial charge in [-0.1, -0.05) is 17.8 Å². The molecule has 3 aromatic rings. The number of nitrogens with two attached hydrogens (primary N) is 3. The molecule has 0 spiro atoms. The van der Waals surface area contributed by atoms with E-state index in [2.05, 4.69) is 71.3 Å². The first-order valence-corrected chi connectivity index (χ1v) is 39.0. The molecule has 558 valence electrons. The summed E-state index contributed by atoms with van der Waals surface area (Å²) in [7, 11) is -51.3. The van der Waals surface area contributed by atoms with E-state index in [9.17, 15) is 95.3 Å². The van der Waals surface area contributed by atoms with Gasteiger partial charge >= 0.3 is 87.5 Å². The van der Waals surface area contributed by atoms with Crippen LogP contribution in [0.3, 0.4) is 0 Å². The minimum Gasteiger partial charge on any atom is -0.386 e. The number of alkyl halides is 3. The fourth-order valence-corrected chi connectivity index (χ4v) is 18.3. The van der Waals surface area contributed by atoms with Crippen LogP contribution in [0.4, 0.5) is 30.6 Å². The lowest BCUT2D eigenvalue weighted by atomic mass is 9.94. The highest BCUT2D eigenvalue weighted by molar-refractivity contribution is 7.67. The summed E-state index contributed by atoms with van der Waals surface area (Å²) >= 11 is 0. The monoisotopic (exact) mass is 1610 g/mol. The molecule has 9 unspecified atom stereocenters. The van der Waals surface area contributed by atoms with Crippen molar-refractivity contribution in [2.75, 3.05) is 17.2 Å². The van der Waals surface area contributed by atoms with E-state index in [0.717, 1.165) is 27.0 Å². The summed E-state index contributed by atoms with van der Waals surface area (Å²) < 4.78 is 202. The molecule has 3 aromatic heterocycles. The molecule has 99 heavy (non-hydrogen) atoms. The summed E-state index contributed by atoms with van der Waals surface area (Å²) in [5, 5.41) is 34.8. The van der Waals surface area contributed by atoms with Gasteiger partial charge in [0.25, 0.3) is 0 Å². The number of halogens is 3. The summed E-state index contributed by atoms with van der Waals surface area (Å²) in [5.41, 5.74) is 3.72. The second kappa shape index (κ2) is 31.4. The molecule has 3 fully saturated rings. The van der Waals surface area contributed by atoms with E-state index < -0.39 is 178 Å². The first-order chi connectivity index (χ1) is 44.5. The molecule has 3 aliphatic rings. The van der Waals surface area contributed by atoms with Gasteiger partial charge < -0.3 is 105 Å². The van der Waals surface area contributed by atoms with Gasteiger partial charge in [-0.3, -0.25) is 22.7 Å². The maximum absolute atomic E-state index is 15.8. The first kappa shape index (κ1) is 86.8. The Morgan fingerprint density at radius 2 is 0.778 bits per heavy atom. The Labute approximate surface area is 549 Å². The average Bonchev–Trinajstić information content (AvgIpc) is 1.62. The second-order valence-electron chi connectivity index (χ2n) is 19.7. The molecule has 3 aliphatic heterocycles. The number of anilines is 3. The zero-order chi connectivity index (χ0) is 76.5. The van der Waals surface area contributed by atoms with E-state index in [1.807, 2.05) is 0 Å². The highest BCUT2D eigenvalue weighted by Crippen LogP contribution is 2.69. The van der Waals surface area contributed by atoms with Crippen LogP contribution in [-0.2, 0) is 94.7 Å². The Kier molecular flexibility index (Phi) is 27.5. The van der Waals surface area contributed by atoms with Gasteiger partial charge in [-0.15, -0.1) is 18.8 Å². The van der Waals surface area contributed by atoms with E-state index in [1.54, 1.807) is 11.8 Å². The number of aliphatic hydroxyl groups excluding tert-OH is 3. The van der Waals surface area contributed by atoms with Crippen LogP contribution in [-0.4, -0.2) is 180 Å². The van der Waals surface area contributed by atoms with Crippen LogP contribution in [0.5, 0.6) is 0 Å². The van der Waals surface area contributed by atoms with Crippen molar-refractivity contribution in [3.05, 3.63) is 61.2 Å². The maximum atomic E-state index is 15.8. The lowest BCUT2D eigenvalue weighted by Crippen LogP contribution is -2.46. The van der Waals surface area contributed by atoms with Gasteiger partial charge in [-0.2, -0.15) is 50.6 Å². The molecular weight excluding hydrogens is 1560 g/mol. The molecule has 0 aromatic carbocycles. The topological polar surface area (TPSA) is 763 Å². The molecule has 21 atom stereocenters. The predicted molar refractivity (Wildman–Crippen MR) is 312 cm³/mol. The van der Waals surface area contributed by atoms with Crippen molar-refractivity contribution >= 4 is 87.9 Å². The van der Waals surface area contributed by atoms with E-state index in [0.29, 0.717) is 13.8 Å². The van der Waals surface area contributed by atoms with Gasteiger partial charge in [0.2, 0.25) is 23.2 Å². The summed E-state index contributed by atoms with van der Waals surface area (Å²) in [6.07, 6.45) is -12.8. The molecule has 0 amide bonds. The fraction of sp³-hybridized carbons (Fsp3) is 0.553. The molecule has 3 saturated heterocycles. The molecule has 0 radical (unpaired) electrons. The number of phosphoric ester groups is 3. The Balaban J connectivity index is 0.000000315. The zero-order valence-corrected chi connectivity index (χ0v) is 57.9. The van der Waals surface area contributed by atoms with Gasteiger partial charge in [0.15, 0.2) is 12.5 Å².